The molecule has 0 saturated heterocycles. The minimum atomic E-state index is -0.952. The highest BCUT2D eigenvalue weighted by molar-refractivity contribution is 5.51. The first-order chi connectivity index (χ1) is 12.7. The highest BCUT2D eigenvalue weighted by atomic mass is 16.5. The molecule has 0 amide bonds. The van der Waals surface area contributed by atoms with Crippen LogP contribution in [0.2, 0.25) is 0 Å². The summed E-state index contributed by atoms with van der Waals surface area (Å²) in [6.45, 7) is 13.2. The molecule has 1 aliphatic rings. The topological polar surface area (TPSA) is 49.7 Å². The van der Waals surface area contributed by atoms with Crippen LogP contribution in [0.4, 0.5) is 0 Å². The van der Waals surface area contributed by atoms with E-state index in [0.29, 0.717) is 24.7 Å². The van der Waals surface area contributed by atoms with Crippen molar-refractivity contribution in [2.75, 3.05) is 6.61 Å². The van der Waals surface area contributed by atoms with Crippen LogP contribution in [0.1, 0.15) is 95.9 Å². The van der Waals surface area contributed by atoms with Gasteiger partial charge in [0.25, 0.3) is 0 Å². The van der Waals surface area contributed by atoms with Gasteiger partial charge >= 0.3 is 0 Å². The zero-order chi connectivity index (χ0) is 20.2. The van der Waals surface area contributed by atoms with Crippen LogP contribution in [0.25, 0.3) is 0 Å². The minimum absolute atomic E-state index is 0.0698. The number of aliphatic hydroxyl groups excluding tert-OH is 1. The van der Waals surface area contributed by atoms with Gasteiger partial charge in [-0.2, -0.15) is 0 Å². The molecule has 0 saturated carbocycles. The molecule has 27 heavy (non-hydrogen) atoms. The van der Waals surface area contributed by atoms with Crippen molar-refractivity contribution in [2.24, 2.45) is 17.8 Å². The molecule has 0 bridgehead atoms. The SMILES string of the molecule is CCCC(C)CCCC(C)CC(C)(O)c1ccc(C)c2c1OCC(C)C2O. The molecule has 5 atom stereocenters. The van der Waals surface area contributed by atoms with Crippen LogP contribution in [0, 0.1) is 24.7 Å². The molecule has 2 N–H and O–H groups in total. The van der Waals surface area contributed by atoms with Gasteiger partial charge in [-0.3, -0.25) is 0 Å². The van der Waals surface area contributed by atoms with Crippen LogP contribution < -0.4 is 4.74 Å². The van der Waals surface area contributed by atoms with Gasteiger partial charge in [0.1, 0.15) is 5.75 Å². The van der Waals surface area contributed by atoms with E-state index < -0.39 is 11.7 Å². The predicted molar refractivity (Wildman–Crippen MR) is 112 cm³/mol. The van der Waals surface area contributed by atoms with E-state index in [1.54, 1.807) is 0 Å². The lowest BCUT2D eigenvalue weighted by Crippen LogP contribution is -2.30. The third-order valence-corrected chi connectivity index (χ3v) is 6.24. The van der Waals surface area contributed by atoms with Crippen LogP contribution in [0.3, 0.4) is 0 Å². The molecule has 2 rings (SSSR count). The summed E-state index contributed by atoms with van der Waals surface area (Å²) in [4.78, 5) is 0. The average molecular weight is 377 g/mol. The summed E-state index contributed by atoms with van der Waals surface area (Å²) in [5.74, 6) is 2.01. The Morgan fingerprint density at radius 2 is 1.85 bits per heavy atom. The second kappa shape index (κ2) is 9.43. The molecule has 1 heterocycles. The number of aliphatic hydroxyl groups is 2. The molecular formula is C24H40O3. The van der Waals surface area contributed by atoms with Crippen LogP contribution >= 0.6 is 0 Å². The van der Waals surface area contributed by atoms with Gasteiger partial charge in [0.05, 0.1) is 18.3 Å². The summed E-state index contributed by atoms with van der Waals surface area (Å²) < 4.78 is 6.01. The summed E-state index contributed by atoms with van der Waals surface area (Å²) in [5.41, 5.74) is 1.75. The fourth-order valence-electron chi connectivity index (χ4n) is 4.58. The molecule has 154 valence electrons. The number of benzene rings is 1. The molecule has 3 heteroatoms. The number of aryl methyl sites for hydroxylation is 1. The van der Waals surface area contributed by atoms with Gasteiger partial charge in [-0.15, -0.1) is 0 Å². The largest absolute Gasteiger partial charge is 0.492 e. The second-order valence-electron chi connectivity index (χ2n) is 9.31. The Hall–Kier alpha value is -1.06. The molecule has 3 nitrogen and oxygen atoms in total. The third kappa shape index (κ3) is 5.48. The summed E-state index contributed by atoms with van der Waals surface area (Å²) in [7, 11) is 0. The standard InChI is InChI=1S/C24H40O3/c1-7-9-16(2)10-8-11-17(3)14-24(6,26)20-13-12-18(4)21-22(25)19(5)15-27-23(20)21/h12-13,16-17,19,22,25-26H,7-11,14-15H2,1-6H3. The minimum Gasteiger partial charge on any atom is -0.492 e. The van der Waals surface area contributed by atoms with Crippen molar-refractivity contribution in [3.05, 3.63) is 28.8 Å². The molecule has 0 radical (unpaired) electrons. The number of fused-ring (bicyclic) bond motifs is 1. The first-order valence-corrected chi connectivity index (χ1v) is 10.8. The lowest BCUT2D eigenvalue weighted by Gasteiger charge is -2.35. The van der Waals surface area contributed by atoms with Crippen LogP contribution in [-0.2, 0) is 5.60 Å². The second-order valence-corrected chi connectivity index (χ2v) is 9.31. The van der Waals surface area contributed by atoms with Crippen molar-refractivity contribution in [3.8, 4) is 5.75 Å². The normalized spacial score (nSPS) is 23.9. The number of hydrogen-bond donors (Lipinski definition) is 2. The summed E-state index contributed by atoms with van der Waals surface area (Å²) in [6.07, 6.45) is 6.37. The Bertz CT molecular complexity index is 608. The fraction of sp³-hybridized carbons (Fsp3) is 0.750. The molecule has 0 fully saturated rings. The zero-order valence-electron chi connectivity index (χ0n) is 18.2. The first kappa shape index (κ1) is 22.2. The quantitative estimate of drug-likeness (QED) is 0.564. The molecule has 5 unspecified atom stereocenters. The molecule has 0 spiro atoms. The van der Waals surface area contributed by atoms with E-state index in [9.17, 15) is 10.2 Å². The van der Waals surface area contributed by atoms with Crippen molar-refractivity contribution in [1.82, 2.24) is 0 Å². The zero-order valence-corrected chi connectivity index (χ0v) is 18.2. The van der Waals surface area contributed by atoms with E-state index in [0.717, 1.165) is 29.0 Å². The number of hydrogen-bond acceptors (Lipinski definition) is 3. The monoisotopic (exact) mass is 376 g/mol. The van der Waals surface area contributed by atoms with E-state index >= 15 is 0 Å². The fourth-order valence-corrected chi connectivity index (χ4v) is 4.58. The third-order valence-electron chi connectivity index (χ3n) is 6.24. The Morgan fingerprint density at radius 3 is 2.52 bits per heavy atom. The van der Waals surface area contributed by atoms with Crippen LogP contribution in [0.15, 0.2) is 12.1 Å². The highest BCUT2D eigenvalue weighted by Crippen LogP contribution is 2.45. The average Bonchev–Trinajstić information content (AvgIpc) is 2.57. The molecule has 0 aromatic heterocycles. The molecule has 0 aliphatic carbocycles. The lowest BCUT2D eigenvalue weighted by atomic mass is 9.80. The molecular weight excluding hydrogens is 336 g/mol. The van der Waals surface area contributed by atoms with Gasteiger partial charge in [-0.05, 0) is 37.7 Å². The van der Waals surface area contributed by atoms with E-state index in [2.05, 4.69) is 20.8 Å². The van der Waals surface area contributed by atoms with Gasteiger partial charge in [-0.25, -0.2) is 0 Å². The highest BCUT2D eigenvalue weighted by Gasteiger charge is 2.35. The number of ether oxygens (including phenoxy) is 1. The van der Waals surface area contributed by atoms with Gasteiger partial charge in [-0.1, -0.05) is 71.9 Å². The Morgan fingerprint density at radius 1 is 1.19 bits per heavy atom. The summed E-state index contributed by atoms with van der Waals surface area (Å²) in [5, 5.41) is 21.9. The van der Waals surface area contributed by atoms with Crippen molar-refractivity contribution < 1.29 is 14.9 Å². The van der Waals surface area contributed by atoms with Crippen LogP contribution in [-0.4, -0.2) is 16.8 Å². The summed E-state index contributed by atoms with van der Waals surface area (Å²) in [6, 6.07) is 3.98. The maximum absolute atomic E-state index is 11.3. The maximum atomic E-state index is 11.3. The molecule has 1 aromatic rings. The van der Waals surface area contributed by atoms with Crippen molar-refractivity contribution in [2.45, 2.75) is 91.8 Å². The Labute approximate surface area is 166 Å². The van der Waals surface area contributed by atoms with Gasteiger partial charge in [0.15, 0.2) is 0 Å². The lowest BCUT2D eigenvalue weighted by molar-refractivity contribution is 0.0201. The van der Waals surface area contributed by atoms with Gasteiger partial charge in [0, 0.05) is 17.0 Å². The summed E-state index contributed by atoms with van der Waals surface area (Å²) >= 11 is 0. The van der Waals surface area contributed by atoms with Gasteiger partial charge in [0.2, 0.25) is 0 Å². The van der Waals surface area contributed by atoms with Gasteiger partial charge < -0.3 is 14.9 Å². The van der Waals surface area contributed by atoms with Crippen molar-refractivity contribution in [3.63, 3.8) is 0 Å². The van der Waals surface area contributed by atoms with E-state index in [1.165, 1.54) is 25.7 Å². The van der Waals surface area contributed by atoms with Crippen molar-refractivity contribution >= 4 is 0 Å². The van der Waals surface area contributed by atoms with E-state index in [1.807, 2.05) is 32.9 Å². The Kier molecular flexibility index (Phi) is 7.76. The smallest absolute Gasteiger partial charge is 0.131 e. The first-order valence-electron chi connectivity index (χ1n) is 10.8. The molecule has 1 aliphatic heterocycles. The Balaban J connectivity index is 2.08. The van der Waals surface area contributed by atoms with Crippen LogP contribution in [0.5, 0.6) is 5.75 Å². The van der Waals surface area contributed by atoms with E-state index in [-0.39, 0.29) is 5.92 Å². The van der Waals surface area contributed by atoms with Crippen molar-refractivity contribution in [1.29, 1.82) is 0 Å². The predicted octanol–water partition coefficient (Wildman–Crippen LogP) is 5.90. The maximum Gasteiger partial charge on any atom is 0.131 e. The number of rotatable bonds is 9. The molecule has 1 aromatic carbocycles. The van der Waals surface area contributed by atoms with E-state index in [4.69, 9.17) is 4.74 Å².